The van der Waals surface area contributed by atoms with Gasteiger partial charge in [-0.15, -0.1) is 0 Å². The van der Waals surface area contributed by atoms with Gasteiger partial charge in [-0.2, -0.15) is 8.42 Å². The molecule has 0 amide bonds. The monoisotopic (exact) mass is 565 g/mol. The van der Waals surface area contributed by atoms with Crippen molar-refractivity contribution in [2.45, 2.75) is 9.79 Å². The highest BCUT2D eigenvalue weighted by Gasteiger charge is 2.16. The lowest BCUT2D eigenvalue weighted by Gasteiger charge is -2.09. The highest BCUT2D eigenvalue weighted by atomic mass is 127. The van der Waals surface area contributed by atoms with E-state index in [1.54, 1.807) is 0 Å². The molecule has 0 spiro atoms. The van der Waals surface area contributed by atoms with Crippen LogP contribution >= 0.6 is 45.2 Å². The van der Waals surface area contributed by atoms with Gasteiger partial charge in [-0.25, -0.2) is 8.42 Å². The molecule has 0 aliphatic rings. The third-order valence-electron chi connectivity index (χ3n) is 2.55. The van der Waals surface area contributed by atoms with Gasteiger partial charge in [0.25, 0.3) is 20.1 Å². The van der Waals surface area contributed by atoms with Gasteiger partial charge in [0.1, 0.15) is 0 Å². The first kappa shape index (κ1) is 17.9. The number of benzene rings is 2. The summed E-state index contributed by atoms with van der Waals surface area (Å²) in [6, 6.07) is 9.65. The van der Waals surface area contributed by atoms with Gasteiger partial charge >= 0.3 is 0 Å². The van der Waals surface area contributed by atoms with E-state index in [0.717, 1.165) is 19.3 Å². The first-order valence-corrected chi connectivity index (χ1v) is 10.7. The fourth-order valence-corrected chi connectivity index (χ4v) is 5.56. The number of sulfonamides is 1. The Bertz CT molecular complexity index is 889. The number of hydrogen-bond donors (Lipinski definition) is 2. The highest BCUT2D eigenvalue weighted by Crippen LogP contribution is 2.22. The van der Waals surface area contributed by atoms with Crippen LogP contribution in [0.5, 0.6) is 0 Å². The smallest absolute Gasteiger partial charge is 0.282 e. The van der Waals surface area contributed by atoms with Crippen molar-refractivity contribution in [1.82, 2.24) is 0 Å². The number of anilines is 1. The van der Waals surface area contributed by atoms with Gasteiger partial charge in [-0.1, -0.05) is 0 Å². The normalized spacial score (nSPS) is 12.1. The van der Waals surface area contributed by atoms with Gasteiger partial charge in [0.2, 0.25) is 0 Å². The molecule has 0 saturated carbocycles. The molecule has 0 heterocycles. The number of hydrogen-bond acceptors (Lipinski definition) is 4. The number of rotatable bonds is 4. The Hall–Kier alpha value is -0.440. The lowest BCUT2D eigenvalue weighted by molar-refractivity contribution is 0.483. The van der Waals surface area contributed by atoms with Gasteiger partial charge in [0.05, 0.1) is 9.79 Å². The van der Waals surface area contributed by atoms with Crippen LogP contribution in [-0.2, 0) is 20.1 Å². The molecule has 0 fully saturated rings. The molecule has 0 atom stereocenters. The van der Waals surface area contributed by atoms with Crippen molar-refractivity contribution < 1.29 is 21.4 Å². The van der Waals surface area contributed by atoms with E-state index in [9.17, 15) is 16.8 Å². The molecule has 0 aliphatic heterocycles. The van der Waals surface area contributed by atoms with Crippen LogP contribution in [0.4, 0.5) is 5.69 Å². The van der Waals surface area contributed by atoms with Gasteiger partial charge in [-0.3, -0.25) is 9.27 Å². The van der Waals surface area contributed by atoms with Crippen LogP contribution in [-0.4, -0.2) is 21.4 Å². The summed E-state index contributed by atoms with van der Waals surface area (Å²) in [5, 5.41) is 0. The summed E-state index contributed by atoms with van der Waals surface area (Å²) in [6.07, 6.45) is 0. The third kappa shape index (κ3) is 4.53. The number of nitrogens with one attached hydrogen (secondary N) is 1. The van der Waals surface area contributed by atoms with Crippen LogP contribution in [0, 0.1) is 7.14 Å². The van der Waals surface area contributed by atoms with Crippen LogP contribution in [0.1, 0.15) is 0 Å². The minimum absolute atomic E-state index is 0.114. The molecular formula is C12H9I2NO5S2. The summed E-state index contributed by atoms with van der Waals surface area (Å²) in [5.74, 6) is 0. The Morgan fingerprint density at radius 3 is 1.77 bits per heavy atom. The van der Waals surface area contributed by atoms with Crippen LogP contribution in [0.2, 0.25) is 0 Å². The summed E-state index contributed by atoms with van der Waals surface area (Å²) in [6.45, 7) is 0. The average molecular weight is 565 g/mol. The molecule has 0 unspecified atom stereocenters. The van der Waals surface area contributed by atoms with Crippen molar-refractivity contribution in [2.24, 2.45) is 0 Å². The third-order valence-corrected chi connectivity index (χ3v) is 6.03. The maximum Gasteiger partial charge on any atom is 0.294 e. The standard InChI is InChI=1S/C12H9I2NO5S2/c13-8-5-9(14)7-12(6-8)21(16,17)15-10-1-3-11(4-2-10)22(18,19)20/h1-7,15H,(H,18,19,20). The van der Waals surface area contributed by atoms with E-state index in [2.05, 4.69) is 4.72 Å². The molecule has 2 N–H and O–H groups in total. The van der Waals surface area contributed by atoms with Crippen molar-refractivity contribution >= 4 is 71.0 Å². The van der Waals surface area contributed by atoms with Crippen molar-refractivity contribution in [3.8, 4) is 0 Å². The average Bonchev–Trinajstić information content (AvgIpc) is 2.36. The Morgan fingerprint density at radius 1 is 0.818 bits per heavy atom. The molecule has 2 aromatic rings. The molecule has 0 bridgehead atoms. The number of halogens is 2. The first-order valence-electron chi connectivity index (χ1n) is 5.64. The van der Waals surface area contributed by atoms with E-state index < -0.39 is 20.1 Å². The molecule has 0 saturated heterocycles. The predicted octanol–water partition coefficient (Wildman–Crippen LogP) is 2.94. The SMILES string of the molecule is O=S(=O)(O)c1ccc(NS(=O)(=O)c2cc(I)cc(I)c2)cc1. The predicted molar refractivity (Wildman–Crippen MR) is 98.9 cm³/mol. The summed E-state index contributed by atoms with van der Waals surface area (Å²) in [5.41, 5.74) is 0.196. The molecule has 0 aromatic heterocycles. The Kier molecular flexibility index (Phi) is 5.36. The summed E-state index contributed by atoms with van der Waals surface area (Å²) < 4.78 is 59.3. The first-order chi connectivity index (χ1) is 10.1. The van der Waals surface area contributed by atoms with Crippen molar-refractivity contribution in [3.05, 3.63) is 49.6 Å². The Morgan fingerprint density at radius 2 is 1.32 bits per heavy atom. The molecule has 10 heteroatoms. The molecular weight excluding hydrogens is 556 g/mol. The van der Waals surface area contributed by atoms with Crippen molar-refractivity contribution in [1.29, 1.82) is 0 Å². The summed E-state index contributed by atoms with van der Waals surface area (Å²) in [4.78, 5) is -0.193. The Labute approximate surface area is 155 Å². The van der Waals surface area contributed by atoms with E-state index in [1.807, 2.05) is 51.2 Å². The fraction of sp³-hybridized carbons (Fsp3) is 0. The minimum Gasteiger partial charge on any atom is -0.282 e. The second kappa shape index (κ2) is 6.59. The highest BCUT2D eigenvalue weighted by molar-refractivity contribution is 14.1. The lowest BCUT2D eigenvalue weighted by Crippen LogP contribution is -2.13. The van der Waals surface area contributed by atoms with Gasteiger partial charge < -0.3 is 0 Å². The molecule has 2 rings (SSSR count). The maximum absolute atomic E-state index is 12.3. The van der Waals surface area contributed by atoms with E-state index in [4.69, 9.17) is 4.55 Å². The largest absolute Gasteiger partial charge is 0.294 e. The second-order valence-corrected chi connectivity index (χ2v) is 9.81. The van der Waals surface area contributed by atoms with Crippen molar-refractivity contribution in [3.63, 3.8) is 0 Å². The van der Waals surface area contributed by atoms with Crippen LogP contribution in [0.25, 0.3) is 0 Å². The molecule has 2 aromatic carbocycles. The molecule has 22 heavy (non-hydrogen) atoms. The van der Waals surface area contributed by atoms with Crippen LogP contribution in [0.3, 0.4) is 0 Å². The quantitative estimate of drug-likeness (QED) is 0.439. The topological polar surface area (TPSA) is 101 Å². The molecule has 118 valence electrons. The lowest BCUT2D eigenvalue weighted by atomic mass is 10.3. The van der Waals surface area contributed by atoms with E-state index in [-0.39, 0.29) is 15.5 Å². The van der Waals surface area contributed by atoms with Crippen molar-refractivity contribution in [2.75, 3.05) is 4.72 Å². The molecule has 6 nitrogen and oxygen atoms in total. The second-order valence-electron chi connectivity index (χ2n) is 4.21. The molecule has 0 aliphatic carbocycles. The zero-order chi connectivity index (χ0) is 16.5. The molecule has 0 radical (unpaired) electrons. The van der Waals surface area contributed by atoms with Gasteiger partial charge in [0.15, 0.2) is 0 Å². The van der Waals surface area contributed by atoms with Gasteiger partial charge in [0, 0.05) is 12.8 Å². The van der Waals surface area contributed by atoms with E-state index in [1.165, 1.54) is 24.3 Å². The fourth-order valence-electron chi connectivity index (χ4n) is 1.59. The van der Waals surface area contributed by atoms with E-state index in [0.29, 0.717) is 0 Å². The minimum atomic E-state index is -4.31. The van der Waals surface area contributed by atoms with Gasteiger partial charge in [-0.05, 0) is 87.6 Å². The van der Waals surface area contributed by atoms with Crippen LogP contribution < -0.4 is 4.72 Å². The zero-order valence-corrected chi connectivity index (χ0v) is 16.6. The zero-order valence-electron chi connectivity index (χ0n) is 10.7. The Balaban J connectivity index is 2.33. The summed E-state index contributed by atoms with van der Waals surface area (Å²) >= 11 is 4.05. The van der Waals surface area contributed by atoms with Crippen LogP contribution in [0.15, 0.2) is 52.3 Å². The summed E-state index contributed by atoms with van der Waals surface area (Å²) in [7, 11) is -8.08. The maximum atomic E-state index is 12.3. The van der Waals surface area contributed by atoms with E-state index >= 15 is 0 Å².